The molecule has 0 N–H and O–H groups in total. The van der Waals surface area contributed by atoms with E-state index in [0.29, 0.717) is 0 Å². The Labute approximate surface area is 151 Å². The van der Waals surface area contributed by atoms with E-state index in [4.69, 9.17) is 4.42 Å². The van der Waals surface area contributed by atoms with E-state index in [2.05, 4.69) is 65.9 Å². The normalized spacial score (nSPS) is 11.7. The number of rotatable bonds is 1. The summed E-state index contributed by atoms with van der Waals surface area (Å²) < 4.78 is 8.60. The maximum Gasteiger partial charge on any atom is 0.234 e. The zero-order valence-corrected chi connectivity index (χ0v) is 15.1. The standard InChI is InChI=1S/C23H19N2O/c1-14-12-19-18-9-8-16-6-4-5-7-17(16)22(18)26-23(19)21(15(14)2)20-13-24-10-11-25(20)3/h4-13H,1-3H3/q+1. The van der Waals surface area contributed by atoms with Crippen molar-refractivity contribution >= 4 is 32.7 Å². The van der Waals surface area contributed by atoms with Gasteiger partial charge in [0.2, 0.25) is 5.69 Å². The fourth-order valence-corrected chi connectivity index (χ4v) is 3.84. The summed E-state index contributed by atoms with van der Waals surface area (Å²) in [5, 5.41) is 4.67. The smallest absolute Gasteiger partial charge is 0.234 e. The number of benzene rings is 3. The van der Waals surface area contributed by atoms with Crippen molar-refractivity contribution < 1.29 is 8.98 Å². The average Bonchev–Trinajstić information content (AvgIpc) is 3.02. The first-order valence-electron chi connectivity index (χ1n) is 8.79. The van der Waals surface area contributed by atoms with E-state index in [0.717, 1.165) is 38.6 Å². The van der Waals surface area contributed by atoms with Crippen molar-refractivity contribution in [3.8, 4) is 11.3 Å². The second kappa shape index (κ2) is 5.40. The lowest BCUT2D eigenvalue weighted by atomic mass is 9.96. The molecule has 0 unspecified atom stereocenters. The maximum atomic E-state index is 6.50. The summed E-state index contributed by atoms with van der Waals surface area (Å²) in [6, 6.07) is 15.0. The topological polar surface area (TPSA) is 29.9 Å². The minimum Gasteiger partial charge on any atom is -0.454 e. The summed E-state index contributed by atoms with van der Waals surface area (Å²) in [7, 11) is 2.04. The van der Waals surface area contributed by atoms with Gasteiger partial charge in [-0.3, -0.25) is 4.98 Å². The highest BCUT2D eigenvalue weighted by Gasteiger charge is 2.22. The zero-order valence-electron chi connectivity index (χ0n) is 15.1. The van der Waals surface area contributed by atoms with Crippen LogP contribution < -0.4 is 4.57 Å². The summed E-state index contributed by atoms with van der Waals surface area (Å²) in [6.07, 6.45) is 5.69. The summed E-state index contributed by atoms with van der Waals surface area (Å²) >= 11 is 0. The Morgan fingerprint density at radius 1 is 0.923 bits per heavy atom. The third-order valence-corrected chi connectivity index (χ3v) is 5.38. The summed E-state index contributed by atoms with van der Waals surface area (Å²) in [5.41, 5.74) is 6.55. The largest absolute Gasteiger partial charge is 0.454 e. The van der Waals surface area contributed by atoms with Crippen LogP contribution in [0.25, 0.3) is 44.0 Å². The second-order valence-corrected chi connectivity index (χ2v) is 6.91. The summed E-state index contributed by atoms with van der Waals surface area (Å²) in [4.78, 5) is 4.34. The van der Waals surface area contributed by atoms with Gasteiger partial charge in [-0.05, 0) is 42.5 Å². The van der Waals surface area contributed by atoms with Crippen LogP contribution in [0, 0.1) is 13.8 Å². The molecule has 3 nitrogen and oxygen atoms in total. The molecule has 126 valence electrons. The highest BCUT2D eigenvalue weighted by molar-refractivity contribution is 6.17. The van der Waals surface area contributed by atoms with E-state index in [-0.39, 0.29) is 0 Å². The first kappa shape index (κ1) is 15.1. The SMILES string of the molecule is Cc1cc2c(oc3c4ccccc4ccc23)c(-c2cncc[n+]2C)c1C. The molecule has 0 saturated carbocycles. The fourth-order valence-electron chi connectivity index (χ4n) is 3.84. The Hall–Kier alpha value is -3.20. The van der Waals surface area contributed by atoms with Crippen LogP contribution in [0.4, 0.5) is 0 Å². The monoisotopic (exact) mass is 339 g/mol. The van der Waals surface area contributed by atoms with Crippen LogP contribution >= 0.6 is 0 Å². The van der Waals surface area contributed by atoms with Gasteiger partial charge in [-0.1, -0.05) is 30.3 Å². The third-order valence-electron chi connectivity index (χ3n) is 5.38. The van der Waals surface area contributed by atoms with Crippen LogP contribution in [-0.4, -0.2) is 4.98 Å². The first-order chi connectivity index (χ1) is 12.6. The second-order valence-electron chi connectivity index (χ2n) is 6.91. The van der Waals surface area contributed by atoms with Gasteiger partial charge in [0.15, 0.2) is 6.20 Å². The zero-order chi connectivity index (χ0) is 17.8. The highest BCUT2D eigenvalue weighted by atomic mass is 16.3. The highest BCUT2D eigenvalue weighted by Crippen LogP contribution is 2.40. The molecular weight excluding hydrogens is 320 g/mol. The van der Waals surface area contributed by atoms with Gasteiger partial charge >= 0.3 is 0 Å². The van der Waals surface area contributed by atoms with Crippen LogP contribution in [0.15, 0.2) is 65.5 Å². The molecule has 0 atom stereocenters. The molecule has 26 heavy (non-hydrogen) atoms. The third kappa shape index (κ3) is 2.00. The Kier molecular flexibility index (Phi) is 3.13. The molecule has 0 spiro atoms. The predicted molar refractivity (Wildman–Crippen MR) is 105 cm³/mol. The van der Waals surface area contributed by atoms with Crippen LogP contribution in [0.5, 0.6) is 0 Å². The van der Waals surface area contributed by atoms with Gasteiger partial charge in [0.25, 0.3) is 0 Å². The fraction of sp³-hybridized carbons (Fsp3) is 0.130. The number of aromatic nitrogens is 2. The molecule has 2 aromatic heterocycles. The minimum absolute atomic E-state index is 0.933. The molecule has 0 amide bonds. The van der Waals surface area contributed by atoms with Crippen molar-refractivity contribution in [2.24, 2.45) is 7.05 Å². The molecule has 0 aliphatic carbocycles. The van der Waals surface area contributed by atoms with Crippen LogP contribution in [0.1, 0.15) is 11.1 Å². The molecule has 3 aromatic carbocycles. The Bertz CT molecular complexity index is 1310. The Morgan fingerprint density at radius 3 is 2.62 bits per heavy atom. The van der Waals surface area contributed by atoms with Crippen molar-refractivity contribution in [1.82, 2.24) is 4.98 Å². The van der Waals surface area contributed by atoms with Gasteiger partial charge < -0.3 is 4.42 Å². The van der Waals surface area contributed by atoms with Gasteiger partial charge in [0.05, 0.1) is 18.0 Å². The van der Waals surface area contributed by atoms with Gasteiger partial charge in [-0.15, -0.1) is 0 Å². The van der Waals surface area contributed by atoms with Crippen LogP contribution in [-0.2, 0) is 7.05 Å². The Balaban J connectivity index is 2.01. The van der Waals surface area contributed by atoms with E-state index >= 15 is 0 Å². The lowest BCUT2D eigenvalue weighted by Crippen LogP contribution is -2.30. The van der Waals surface area contributed by atoms with Crippen molar-refractivity contribution in [2.75, 3.05) is 0 Å². The van der Waals surface area contributed by atoms with Crippen LogP contribution in [0.3, 0.4) is 0 Å². The summed E-state index contributed by atoms with van der Waals surface area (Å²) in [5.74, 6) is 0. The number of hydrogen-bond donors (Lipinski definition) is 0. The average molecular weight is 339 g/mol. The molecule has 0 fully saturated rings. The van der Waals surface area contributed by atoms with E-state index < -0.39 is 0 Å². The molecule has 0 aliphatic heterocycles. The Morgan fingerprint density at radius 2 is 1.77 bits per heavy atom. The minimum atomic E-state index is 0.933. The van der Waals surface area contributed by atoms with Crippen molar-refractivity contribution in [3.05, 3.63) is 72.2 Å². The van der Waals surface area contributed by atoms with E-state index in [1.807, 2.05) is 19.4 Å². The molecule has 5 aromatic rings. The predicted octanol–water partition coefficient (Wildman–Crippen LogP) is 5.24. The molecular formula is C23H19N2O+. The first-order valence-corrected chi connectivity index (χ1v) is 8.79. The van der Waals surface area contributed by atoms with Crippen molar-refractivity contribution in [1.29, 1.82) is 0 Å². The molecule has 5 rings (SSSR count). The van der Waals surface area contributed by atoms with Gasteiger partial charge in [-0.2, -0.15) is 4.57 Å². The lowest BCUT2D eigenvalue weighted by Gasteiger charge is -2.08. The van der Waals surface area contributed by atoms with Gasteiger partial charge in [-0.25, -0.2) is 0 Å². The molecule has 2 heterocycles. The van der Waals surface area contributed by atoms with Crippen molar-refractivity contribution in [2.45, 2.75) is 13.8 Å². The van der Waals surface area contributed by atoms with Crippen molar-refractivity contribution in [3.63, 3.8) is 0 Å². The number of fused-ring (bicyclic) bond motifs is 5. The maximum absolute atomic E-state index is 6.50. The number of nitrogens with zero attached hydrogens (tertiary/aromatic N) is 2. The number of hydrogen-bond acceptors (Lipinski definition) is 2. The lowest BCUT2D eigenvalue weighted by molar-refractivity contribution is -0.660. The van der Waals surface area contributed by atoms with E-state index in [9.17, 15) is 0 Å². The van der Waals surface area contributed by atoms with Crippen LogP contribution in [0.2, 0.25) is 0 Å². The molecule has 0 aliphatic rings. The molecule has 0 saturated heterocycles. The number of aryl methyl sites for hydroxylation is 2. The van der Waals surface area contributed by atoms with E-state index in [1.165, 1.54) is 16.5 Å². The van der Waals surface area contributed by atoms with Gasteiger partial charge in [0, 0.05) is 16.2 Å². The quantitative estimate of drug-likeness (QED) is 0.391. The van der Waals surface area contributed by atoms with E-state index in [1.54, 1.807) is 6.20 Å². The molecule has 0 bridgehead atoms. The molecule has 0 radical (unpaired) electrons. The summed E-state index contributed by atoms with van der Waals surface area (Å²) in [6.45, 7) is 4.32. The van der Waals surface area contributed by atoms with Gasteiger partial charge in [0.1, 0.15) is 18.2 Å². The molecule has 3 heteroatoms. The number of furan rings is 1.